The maximum absolute atomic E-state index is 5.29. The van der Waals surface area contributed by atoms with Crippen LogP contribution in [-0.4, -0.2) is 37.7 Å². The second kappa shape index (κ2) is 5.69. The van der Waals surface area contributed by atoms with Crippen LogP contribution in [0.15, 0.2) is 24.3 Å². The highest BCUT2D eigenvalue weighted by Crippen LogP contribution is 2.01. The number of ether oxygens (including phenoxy) is 1. The van der Waals surface area contributed by atoms with E-state index in [2.05, 4.69) is 47.9 Å². The van der Waals surface area contributed by atoms with E-state index < -0.39 is 0 Å². The lowest BCUT2D eigenvalue weighted by Gasteiger charge is -2.24. The third-order valence-corrected chi connectivity index (χ3v) is 2.69. The molecule has 0 unspecified atom stereocenters. The molecule has 2 rings (SSSR count). The fourth-order valence-corrected chi connectivity index (χ4v) is 1.65. The average molecular weight is 215 g/mol. The van der Waals surface area contributed by atoms with Crippen LogP contribution in [0.25, 0.3) is 0 Å². The Morgan fingerprint density at radius 2 is 1.88 bits per heavy atom. The van der Waals surface area contributed by atoms with Gasteiger partial charge in [-0.2, -0.15) is 0 Å². The van der Waals surface area contributed by atoms with E-state index in [9.17, 15) is 0 Å². The Hall–Kier alpha value is -1.30. The lowest BCUT2D eigenvalue weighted by molar-refractivity contribution is 0.0443. The van der Waals surface area contributed by atoms with E-state index in [4.69, 9.17) is 4.74 Å². The van der Waals surface area contributed by atoms with Crippen LogP contribution in [0.3, 0.4) is 0 Å². The summed E-state index contributed by atoms with van der Waals surface area (Å²) in [5, 5.41) is 0. The van der Waals surface area contributed by atoms with Crippen molar-refractivity contribution in [3.8, 4) is 11.8 Å². The summed E-state index contributed by atoms with van der Waals surface area (Å²) in [5.41, 5.74) is 2.37. The van der Waals surface area contributed by atoms with Gasteiger partial charge in [0, 0.05) is 18.7 Å². The van der Waals surface area contributed by atoms with Crippen LogP contribution in [0.4, 0.5) is 0 Å². The number of aryl methyl sites for hydroxylation is 1. The van der Waals surface area contributed by atoms with Crippen LogP contribution in [0.1, 0.15) is 11.1 Å². The third-order valence-electron chi connectivity index (χ3n) is 2.69. The standard InChI is InChI=1S/C14H17NO/c1-13-4-6-14(7-5-13)3-2-8-15-9-11-16-12-10-15/h4-7H,8-12H2,1H3. The molecule has 1 aliphatic rings. The lowest BCUT2D eigenvalue weighted by Crippen LogP contribution is -2.36. The molecule has 0 bridgehead atoms. The van der Waals surface area contributed by atoms with Gasteiger partial charge in [0.05, 0.1) is 19.8 Å². The molecule has 1 heterocycles. The molecule has 1 aromatic rings. The normalized spacial score (nSPS) is 16.6. The number of hydrogen-bond donors (Lipinski definition) is 0. The molecule has 0 saturated carbocycles. The number of nitrogens with zero attached hydrogens (tertiary/aromatic N) is 1. The summed E-state index contributed by atoms with van der Waals surface area (Å²) in [6.45, 7) is 6.62. The summed E-state index contributed by atoms with van der Waals surface area (Å²) < 4.78 is 5.29. The quantitative estimate of drug-likeness (QED) is 0.661. The number of morpholine rings is 1. The summed E-state index contributed by atoms with van der Waals surface area (Å²) in [4.78, 5) is 2.32. The minimum Gasteiger partial charge on any atom is -0.379 e. The highest BCUT2D eigenvalue weighted by Gasteiger charge is 2.07. The summed E-state index contributed by atoms with van der Waals surface area (Å²) in [7, 11) is 0. The molecule has 1 aliphatic heterocycles. The van der Waals surface area contributed by atoms with Gasteiger partial charge in [-0.15, -0.1) is 0 Å². The fraction of sp³-hybridized carbons (Fsp3) is 0.429. The highest BCUT2D eigenvalue weighted by atomic mass is 16.5. The molecule has 1 saturated heterocycles. The third kappa shape index (κ3) is 3.37. The zero-order valence-corrected chi connectivity index (χ0v) is 9.70. The molecule has 0 aromatic heterocycles. The van der Waals surface area contributed by atoms with Crippen LogP contribution >= 0.6 is 0 Å². The molecule has 1 aromatic carbocycles. The van der Waals surface area contributed by atoms with Gasteiger partial charge in [-0.3, -0.25) is 4.90 Å². The first-order valence-electron chi connectivity index (χ1n) is 5.70. The summed E-state index contributed by atoms with van der Waals surface area (Å²) >= 11 is 0. The Balaban J connectivity index is 1.87. The maximum atomic E-state index is 5.29. The second-order valence-electron chi connectivity index (χ2n) is 4.06. The molecule has 2 nitrogen and oxygen atoms in total. The van der Waals surface area contributed by atoms with Gasteiger partial charge in [-0.05, 0) is 19.1 Å². The zero-order valence-electron chi connectivity index (χ0n) is 9.70. The van der Waals surface area contributed by atoms with Crippen LogP contribution in [0.5, 0.6) is 0 Å². The maximum Gasteiger partial charge on any atom is 0.0606 e. The Morgan fingerprint density at radius 1 is 1.19 bits per heavy atom. The van der Waals surface area contributed by atoms with Crippen LogP contribution in [-0.2, 0) is 4.74 Å². The topological polar surface area (TPSA) is 12.5 Å². The average Bonchev–Trinajstić information content (AvgIpc) is 2.33. The van der Waals surface area contributed by atoms with Crippen molar-refractivity contribution >= 4 is 0 Å². The molecule has 0 radical (unpaired) electrons. The van der Waals surface area contributed by atoms with Gasteiger partial charge in [0.15, 0.2) is 0 Å². The Morgan fingerprint density at radius 3 is 2.56 bits per heavy atom. The summed E-state index contributed by atoms with van der Waals surface area (Å²) in [6, 6.07) is 8.33. The van der Waals surface area contributed by atoms with E-state index in [0.29, 0.717) is 0 Å². The van der Waals surface area contributed by atoms with E-state index in [0.717, 1.165) is 38.4 Å². The Labute approximate surface area is 97.2 Å². The first kappa shape index (κ1) is 11.2. The molecule has 16 heavy (non-hydrogen) atoms. The minimum atomic E-state index is 0.839. The van der Waals surface area contributed by atoms with Gasteiger partial charge < -0.3 is 4.74 Å². The smallest absolute Gasteiger partial charge is 0.0606 e. The molecular formula is C14H17NO. The van der Waals surface area contributed by atoms with Crippen molar-refractivity contribution in [3.63, 3.8) is 0 Å². The van der Waals surface area contributed by atoms with Gasteiger partial charge in [0.1, 0.15) is 0 Å². The first-order chi connectivity index (χ1) is 7.84. The van der Waals surface area contributed by atoms with Crippen molar-refractivity contribution in [2.24, 2.45) is 0 Å². The molecule has 1 fully saturated rings. The number of hydrogen-bond acceptors (Lipinski definition) is 2. The SMILES string of the molecule is Cc1ccc(C#CCN2CCOCC2)cc1. The van der Waals surface area contributed by atoms with Gasteiger partial charge >= 0.3 is 0 Å². The molecule has 0 amide bonds. The van der Waals surface area contributed by atoms with Gasteiger partial charge in [0.2, 0.25) is 0 Å². The van der Waals surface area contributed by atoms with Crippen molar-refractivity contribution in [3.05, 3.63) is 35.4 Å². The predicted molar refractivity (Wildman–Crippen MR) is 65.3 cm³/mol. The second-order valence-corrected chi connectivity index (χ2v) is 4.06. The van der Waals surface area contributed by atoms with Crippen LogP contribution in [0, 0.1) is 18.8 Å². The zero-order chi connectivity index (χ0) is 11.2. The number of benzene rings is 1. The van der Waals surface area contributed by atoms with Gasteiger partial charge in [-0.25, -0.2) is 0 Å². The van der Waals surface area contributed by atoms with Gasteiger partial charge in [0.25, 0.3) is 0 Å². The molecule has 0 spiro atoms. The Bertz CT molecular complexity index is 379. The first-order valence-corrected chi connectivity index (χ1v) is 5.70. The lowest BCUT2D eigenvalue weighted by atomic mass is 10.1. The van der Waals surface area contributed by atoms with E-state index in [-0.39, 0.29) is 0 Å². The molecular weight excluding hydrogens is 198 g/mol. The fourth-order valence-electron chi connectivity index (χ4n) is 1.65. The van der Waals surface area contributed by atoms with E-state index in [1.54, 1.807) is 0 Å². The molecule has 2 heteroatoms. The molecule has 84 valence electrons. The van der Waals surface area contributed by atoms with Crippen molar-refractivity contribution in [1.82, 2.24) is 4.90 Å². The largest absolute Gasteiger partial charge is 0.379 e. The van der Waals surface area contributed by atoms with Crippen LogP contribution in [0.2, 0.25) is 0 Å². The summed E-state index contributed by atoms with van der Waals surface area (Å²) in [5.74, 6) is 6.40. The molecule has 0 aliphatic carbocycles. The van der Waals surface area contributed by atoms with Gasteiger partial charge in [-0.1, -0.05) is 29.5 Å². The minimum absolute atomic E-state index is 0.839. The van der Waals surface area contributed by atoms with E-state index in [1.165, 1.54) is 5.56 Å². The highest BCUT2D eigenvalue weighted by molar-refractivity contribution is 5.35. The predicted octanol–water partition coefficient (Wildman–Crippen LogP) is 1.68. The molecule has 0 N–H and O–H groups in total. The van der Waals surface area contributed by atoms with Crippen molar-refractivity contribution < 1.29 is 4.74 Å². The van der Waals surface area contributed by atoms with Crippen molar-refractivity contribution in [2.75, 3.05) is 32.8 Å². The molecule has 0 atom stereocenters. The van der Waals surface area contributed by atoms with E-state index in [1.807, 2.05) is 0 Å². The summed E-state index contributed by atoms with van der Waals surface area (Å²) in [6.07, 6.45) is 0. The van der Waals surface area contributed by atoms with Crippen molar-refractivity contribution in [1.29, 1.82) is 0 Å². The van der Waals surface area contributed by atoms with Crippen molar-refractivity contribution in [2.45, 2.75) is 6.92 Å². The van der Waals surface area contributed by atoms with E-state index >= 15 is 0 Å². The Kier molecular flexibility index (Phi) is 3.98. The monoisotopic (exact) mass is 215 g/mol. The van der Waals surface area contributed by atoms with Crippen LogP contribution < -0.4 is 0 Å². The number of rotatable bonds is 1.